The molecule has 7 nitrogen and oxygen atoms in total. The van der Waals surface area contributed by atoms with Crippen molar-refractivity contribution >= 4 is 11.9 Å². The zero-order valence-electron chi connectivity index (χ0n) is 14.1. The molecule has 1 aromatic heterocycles. The van der Waals surface area contributed by atoms with Crippen molar-refractivity contribution in [1.82, 2.24) is 15.3 Å². The number of rotatable bonds is 2. The highest BCUT2D eigenvalue weighted by Gasteiger charge is 2.47. The van der Waals surface area contributed by atoms with Crippen LogP contribution in [0, 0.1) is 6.92 Å². The SMILES string of the molecule is Cc1nc(C2CCNCC2)cc(N2CC3(CCOCC3)OC2=O)n1. The summed E-state index contributed by atoms with van der Waals surface area (Å²) in [6, 6.07) is 1.97. The number of carbonyl (C=O) groups excluding carboxylic acids is 1. The first-order valence-corrected chi connectivity index (χ1v) is 8.80. The minimum Gasteiger partial charge on any atom is -0.440 e. The molecule has 3 aliphatic rings. The molecule has 1 amide bonds. The van der Waals surface area contributed by atoms with E-state index in [9.17, 15) is 4.79 Å². The van der Waals surface area contributed by atoms with Gasteiger partial charge in [-0.15, -0.1) is 0 Å². The summed E-state index contributed by atoms with van der Waals surface area (Å²) in [4.78, 5) is 23.2. The number of carbonyl (C=O) groups is 1. The lowest BCUT2D eigenvalue weighted by Gasteiger charge is -2.30. The van der Waals surface area contributed by atoms with Crippen LogP contribution < -0.4 is 10.2 Å². The van der Waals surface area contributed by atoms with E-state index in [2.05, 4.69) is 15.3 Å². The molecule has 0 atom stereocenters. The number of amides is 1. The number of piperidine rings is 1. The van der Waals surface area contributed by atoms with Crippen LogP contribution in [0.2, 0.25) is 0 Å². The van der Waals surface area contributed by atoms with Crippen molar-refractivity contribution in [3.8, 4) is 0 Å². The van der Waals surface area contributed by atoms with Gasteiger partial charge in [0.2, 0.25) is 0 Å². The molecule has 3 aliphatic heterocycles. The highest BCUT2D eigenvalue weighted by Crippen LogP contribution is 2.35. The molecule has 4 heterocycles. The third kappa shape index (κ3) is 2.98. The predicted molar refractivity (Wildman–Crippen MR) is 88.2 cm³/mol. The molecule has 0 bridgehead atoms. The quantitative estimate of drug-likeness (QED) is 0.889. The average molecular weight is 332 g/mol. The summed E-state index contributed by atoms with van der Waals surface area (Å²) in [5.74, 6) is 1.81. The summed E-state index contributed by atoms with van der Waals surface area (Å²) < 4.78 is 11.1. The number of aromatic nitrogens is 2. The van der Waals surface area contributed by atoms with Crippen LogP contribution in [0.15, 0.2) is 6.07 Å². The Labute approximate surface area is 141 Å². The van der Waals surface area contributed by atoms with Gasteiger partial charge in [0.1, 0.15) is 17.2 Å². The van der Waals surface area contributed by atoms with E-state index in [0.717, 1.165) is 44.5 Å². The van der Waals surface area contributed by atoms with Crippen LogP contribution in [0.4, 0.5) is 10.6 Å². The Morgan fingerprint density at radius 2 is 2.00 bits per heavy atom. The van der Waals surface area contributed by atoms with Gasteiger partial charge in [0.25, 0.3) is 0 Å². The van der Waals surface area contributed by atoms with Crippen molar-refractivity contribution < 1.29 is 14.3 Å². The normalized spacial score (nSPS) is 24.4. The van der Waals surface area contributed by atoms with E-state index in [4.69, 9.17) is 9.47 Å². The molecule has 3 fully saturated rings. The lowest BCUT2D eigenvalue weighted by Crippen LogP contribution is -2.40. The highest BCUT2D eigenvalue weighted by atomic mass is 16.6. The number of ether oxygens (including phenoxy) is 2. The summed E-state index contributed by atoms with van der Waals surface area (Å²) in [5, 5.41) is 3.37. The number of hydrogen-bond donors (Lipinski definition) is 1. The second-order valence-electron chi connectivity index (χ2n) is 6.97. The third-order valence-corrected chi connectivity index (χ3v) is 5.25. The molecule has 0 aliphatic carbocycles. The van der Waals surface area contributed by atoms with Crippen LogP contribution >= 0.6 is 0 Å². The van der Waals surface area contributed by atoms with Crippen LogP contribution in [-0.4, -0.2) is 54.5 Å². The zero-order chi connectivity index (χ0) is 16.6. The van der Waals surface area contributed by atoms with Crippen LogP contribution in [0.3, 0.4) is 0 Å². The Hall–Kier alpha value is -1.73. The second kappa shape index (κ2) is 6.29. The van der Waals surface area contributed by atoms with E-state index in [-0.39, 0.29) is 6.09 Å². The molecular formula is C17H24N4O3. The number of anilines is 1. The molecule has 4 rings (SSSR count). The van der Waals surface area contributed by atoms with Gasteiger partial charge >= 0.3 is 6.09 Å². The van der Waals surface area contributed by atoms with Gasteiger partial charge in [-0.1, -0.05) is 0 Å². The zero-order valence-corrected chi connectivity index (χ0v) is 14.1. The lowest BCUT2D eigenvalue weighted by molar-refractivity contribution is -0.0431. The number of nitrogens with zero attached hydrogens (tertiary/aromatic N) is 3. The lowest BCUT2D eigenvalue weighted by atomic mass is 9.93. The van der Waals surface area contributed by atoms with Crippen LogP contribution in [0.5, 0.6) is 0 Å². The minimum absolute atomic E-state index is 0.300. The minimum atomic E-state index is -0.414. The summed E-state index contributed by atoms with van der Waals surface area (Å²) in [7, 11) is 0. The van der Waals surface area contributed by atoms with Crippen molar-refractivity contribution in [1.29, 1.82) is 0 Å². The monoisotopic (exact) mass is 332 g/mol. The van der Waals surface area contributed by atoms with Crippen LogP contribution in [-0.2, 0) is 9.47 Å². The van der Waals surface area contributed by atoms with Crippen molar-refractivity contribution in [2.24, 2.45) is 0 Å². The standard InChI is InChI=1S/C17H24N4O3/c1-12-19-14(13-2-6-18-7-3-13)10-15(20-12)21-11-17(24-16(21)22)4-8-23-9-5-17/h10,13,18H,2-9,11H2,1H3. The maximum Gasteiger partial charge on any atom is 0.416 e. The van der Waals surface area contributed by atoms with Crippen molar-refractivity contribution in [3.05, 3.63) is 17.6 Å². The van der Waals surface area contributed by atoms with E-state index in [1.807, 2.05) is 13.0 Å². The predicted octanol–water partition coefficient (Wildman–Crippen LogP) is 1.76. The molecule has 1 spiro atoms. The van der Waals surface area contributed by atoms with Gasteiger partial charge in [-0.25, -0.2) is 14.8 Å². The Morgan fingerprint density at radius 1 is 1.25 bits per heavy atom. The first-order chi connectivity index (χ1) is 11.7. The molecule has 7 heteroatoms. The fourth-order valence-electron chi connectivity index (χ4n) is 3.84. The maximum atomic E-state index is 12.4. The molecule has 24 heavy (non-hydrogen) atoms. The smallest absolute Gasteiger partial charge is 0.416 e. The van der Waals surface area contributed by atoms with E-state index < -0.39 is 5.60 Å². The van der Waals surface area contributed by atoms with Crippen molar-refractivity contribution in [2.75, 3.05) is 37.7 Å². The summed E-state index contributed by atoms with van der Waals surface area (Å²) in [6.07, 6.45) is 3.34. The fraction of sp³-hybridized carbons (Fsp3) is 0.706. The van der Waals surface area contributed by atoms with E-state index >= 15 is 0 Å². The summed E-state index contributed by atoms with van der Waals surface area (Å²) >= 11 is 0. The summed E-state index contributed by atoms with van der Waals surface area (Å²) in [6.45, 7) is 5.75. The van der Waals surface area contributed by atoms with Gasteiger partial charge < -0.3 is 14.8 Å². The maximum absolute atomic E-state index is 12.4. The summed E-state index contributed by atoms with van der Waals surface area (Å²) in [5.41, 5.74) is 0.628. The molecule has 0 radical (unpaired) electrons. The van der Waals surface area contributed by atoms with Crippen LogP contribution in [0.25, 0.3) is 0 Å². The molecule has 0 unspecified atom stereocenters. The Balaban J connectivity index is 1.59. The number of aryl methyl sites for hydroxylation is 1. The molecule has 1 N–H and O–H groups in total. The Bertz CT molecular complexity index is 624. The molecule has 0 saturated carbocycles. The first-order valence-electron chi connectivity index (χ1n) is 8.80. The fourth-order valence-corrected chi connectivity index (χ4v) is 3.84. The highest BCUT2D eigenvalue weighted by molar-refractivity contribution is 5.89. The van der Waals surface area contributed by atoms with Crippen molar-refractivity contribution in [2.45, 2.75) is 44.1 Å². The van der Waals surface area contributed by atoms with Crippen LogP contribution in [0.1, 0.15) is 43.1 Å². The van der Waals surface area contributed by atoms with E-state index in [1.54, 1.807) is 4.90 Å². The molecular weight excluding hydrogens is 308 g/mol. The largest absolute Gasteiger partial charge is 0.440 e. The second-order valence-corrected chi connectivity index (χ2v) is 6.97. The molecule has 1 aromatic rings. The number of nitrogens with one attached hydrogen (secondary N) is 1. The molecule has 0 aromatic carbocycles. The van der Waals surface area contributed by atoms with Gasteiger partial charge in [-0.05, 0) is 32.9 Å². The van der Waals surface area contributed by atoms with Crippen molar-refractivity contribution in [3.63, 3.8) is 0 Å². The van der Waals surface area contributed by atoms with Gasteiger partial charge in [0, 0.05) is 30.5 Å². The number of hydrogen-bond acceptors (Lipinski definition) is 6. The van der Waals surface area contributed by atoms with Gasteiger partial charge in [0.05, 0.1) is 19.8 Å². The average Bonchev–Trinajstić information content (AvgIpc) is 2.91. The molecule has 3 saturated heterocycles. The third-order valence-electron chi connectivity index (χ3n) is 5.25. The van der Waals surface area contributed by atoms with Gasteiger partial charge in [0.15, 0.2) is 0 Å². The molecule has 130 valence electrons. The first kappa shape index (κ1) is 15.8. The van der Waals surface area contributed by atoms with E-state index in [0.29, 0.717) is 37.3 Å². The Morgan fingerprint density at radius 3 is 2.75 bits per heavy atom. The van der Waals surface area contributed by atoms with Gasteiger partial charge in [-0.2, -0.15) is 0 Å². The van der Waals surface area contributed by atoms with Gasteiger partial charge in [-0.3, -0.25) is 4.90 Å². The topological polar surface area (TPSA) is 76.6 Å². The van der Waals surface area contributed by atoms with E-state index in [1.165, 1.54) is 0 Å². The Kier molecular flexibility index (Phi) is 4.14.